The van der Waals surface area contributed by atoms with E-state index < -0.39 is 5.97 Å². The van der Waals surface area contributed by atoms with Crippen LogP contribution in [0.5, 0.6) is 5.75 Å². The fraction of sp³-hybridized carbons (Fsp3) is 0.226. The third kappa shape index (κ3) is 4.58. The average molecular weight is 522 g/mol. The van der Waals surface area contributed by atoms with Crippen molar-refractivity contribution in [3.8, 4) is 5.75 Å². The van der Waals surface area contributed by atoms with Crippen LogP contribution in [0.3, 0.4) is 0 Å². The molecule has 8 heteroatoms. The maximum absolute atomic E-state index is 13.1. The number of carbonyl (C=O) groups is 2. The SMILES string of the molecule is Cc1cc(C)c2c(CC(=O)N/N=C3\CCCc4oc(C(=O)Oc5cccc6cccnc56)c(C)c43)coc2c1. The Hall–Kier alpha value is -4.72. The molecule has 0 saturated carbocycles. The van der Waals surface area contributed by atoms with Crippen molar-refractivity contribution in [2.45, 2.75) is 46.5 Å². The molecular weight excluding hydrogens is 494 g/mol. The number of benzene rings is 2. The van der Waals surface area contributed by atoms with Gasteiger partial charge in [-0.25, -0.2) is 10.2 Å². The van der Waals surface area contributed by atoms with Crippen LogP contribution in [0.25, 0.3) is 21.9 Å². The van der Waals surface area contributed by atoms with E-state index in [0.717, 1.165) is 45.0 Å². The van der Waals surface area contributed by atoms with Gasteiger partial charge in [0.25, 0.3) is 0 Å². The number of ether oxygens (including phenoxy) is 1. The van der Waals surface area contributed by atoms with Gasteiger partial charge in [0.15, 0.2) is 5.75 Å². The van der Waals surface area contributed by atoms with Crippen LogP contribution in [-0.2, 0) is 17.6 Å². The molecule has 3 aromatic heterocycles. The molecule has 0 radical (unpaired) electrons. The van der Waals surface area contributed by atoms with Gasteiger partial charge in [0.1, 0.15) is 16.9 Å². The second kappa shape index (κ2) is 9.87. The van der Waals surface area contributed by atoms with Gasteiger partial charge in [0.05, 0.1) is 18.4 Å². The van der Waals surface area contributed by atoms with Gasteiger partial charge in [0.2, 0.25) is 11.7 Å². The molecule has 0 unspecified atom stereocenters. The summed E-state index contributed by atoms with van der Waals surface area (Å²) in [6.45, 7) is 5.84. The highest BCUT2D eigenvalue weighted by molar-refractivity contribution is 6.06. The van der Waals surface area contributed by atoms with E-state index in [1.54, 1.807) is 18.5 Å². The first-order valence-electron chi connectivity index (χ1n) is 12.9. The Morgan fingerprint density at radius 3 is 2.82 bits per heavy atom. The number of aryl methyl sites for hydroxylation is 3. The molecule has 1 amide bonds. The zero-order chi connectivity index (χ0) is 27.1. The minimum atomic E-state index is -0.596. The van der Waals surface area contributed by atoms with Gasteiger partial charge in [-0.1, -0.05) is 24.3 Å². The molecule has 8 nitrogen and oxygen atoms in total. The first-order chi connectivity index (χ1) is 18.9. The van der Waals surface area contributed by atoms with Crippen LogP contribution in [0.1, 0.15) is 57.0 Å². The number of hydrogen-bond donors (Lipinski definition) is 1. The second-order valence-corrected chi connectivity index (χ2v) is 9.91. The summed E-state index contributed by atoms with van der Waals surface area (Å²) in [4.78, 5) is 30.3. The van der Waals surface area contributed by atoms with Crippen LogP contribution in [0.15, 0.2) is 68.9 Å². The van der Waals surface area contributed by atoms with E-state index in [1.165, 1.54) is 0 Å². The number of furan rings is 2. The molecule has 6 rings (SSSR count). The topological polar surface area (TPSA) is 107 Å². The van der Waals surface area contributed by atoms with E-state index in [0.29, 0.717) is 41.1 Å². The van der Waals surface area contributed by atoms with Crippen molar-refractivity contribution in [1.82, 2.24) is 10.4 Å². The number of rotatable bonds is 5. The summed E-state index contributed by atoms with van der Waals surface area (Å²) in [7, 11) is 0. The minimum Gasteiger partial charge on any atom is -0.464 e. The molecule has 0 aliphatic heterocycles. The van der Waals surface area contributed by atoms with Crippen molar-refractivity contribution in [3.05, 3.63) is 94.3 Å². The molecule has 1 aliphatic rings. The maximum Gasteiger partial charge on any atom is 0.380 e. The minimum absolute atomic E-state index is 0.129. The average Bonchev–Trinajstić information content (AvgIpc) is 3.48. The zero-order valence-electron chi connectivity index (χ0n) is 22.0. The summed E-state index contributed by atoms with van der Waals surface area (Å²) >= 11 is 0. The smallest absolute Gasteiger partial charge is 0.380 e. The van der Waals surface area contributed by atoms with Crippen molar-refractivity contribution in [2.24, 2.45) is 5.10 Å². The van der Waals surface area contributed by atoms with Gasteiger partial charge < -0.3 is 13.6 Å². The molecular formula is C31H27N3O5. The lowest BCUT2D eigenvalue weighted by Crippen LogP contribution is -2.23. The Bertz CT molecular complexity index is 1790. The molecule has 0 fully saturated rings. The van der Waals surface area contributed by atoms with Crippen LogP contribution in [0.4, 0.5) is 0 Å². The first-order valence-corrected chi connectivity index (χ1v) is 12.9. The highest BCUT2D eigenvalue weighted by atomic mass is 16.5. The number of fused-ring (bicyclic) bond motifs is 3. The molecule has 3 heterocycles. The molecule has 0 atom stereocenters. The quantitative estimate of drug-likeness (QED) is 0.170. The van der Waals surface area contributed by atoms with Crippen LogP contribution < -0.4 is 10.2 Å². The monoisotopic (exact) mass is 521 g/mol. The Labute approximate surface area is 224 Å². The number of amides is 1. The summed E-state index contributed by atoms with van der Waals surface area (Å²) in [5.74, 6) is 0.318. The van der Waals surface area contributed by atoms with Crippen LogP contribution >= 0.6 is 0 Å². The van der Waals surface area contributed by atoms with Gasteiger partial charge in [0, 0.05) is 40.1 Å². The van der Waals surface area contributed by atoms with Crippen LogP contribution in [0, 0.1) is 20.8 Å². The van der Waals surface area contributed by atoms with Crippen LogP contribution in [0.2, 0.25) is 0 Å². The van der Waals surface area contributed by atoms with E-state index in [1.807, 2.05) is 51.1 Å². The number of hydrazone groups is 1. The van der Waals surface area contributed by atoms with Crippen molar-refractivity contribution in [1.29, 1.82) is 0 Å². The first kappa shape index (κ1) is 24.6. The highest BCUT2D eigenvalue weighted by Crippen LogP contribution is 2.32. The molecule has 5 aromatic rings. The number of aromatic nitrogens is 1. The Balaban J connectivity index is 1.22. The van der Waals surface area contributed by atoms with Gasteiger partial charge in [-0.2, -0.15) is 5.10 Å². The zero-order valence-corrected chi connectivity index (χ0v) is 22.0. The summed E-state index contributed by atoms with van der Waals surface area (Å²) in [5, 5.41) is 6.27. The molecule has 0 spiro atoms. The standard InChI is InChI=1S/C31H27N3O5/c1-17-13-18(2)27-21(16-37-25(27)14-17)15-26(35)34-33-22-9-5-10-23-28(22)19(3)30(38-23)31(36)39-24-11-4-7-20-8-6-12-32-29(20)24/h4,6-8,11-14,16H,5,9-10,15H2,1-3H3,(H,34,35)/b33-22+. The number of para-hydroxylation sites is 1. The predicted molar refractivity (Wildman–Crippen MR) is 147 cm³/mol. The molecule has 0 bridgehead atoms. The third-order valence-electron chi connectivity index (χ3n) is 7.07. The molecule has 0 saturated heterocycles. The summed E-state index contributed by atoms with van der Waals surface area (Å²) < 4.78 is 17.4. The third-order valence-corrected chi connectivity index (χ3v) is 7.07. The van der Waals surface area contributed by atoms with E-state index in [2.05, 4.69) is 21.6 Å². The van der Waals surface area contributed by atoms with Gasteiger partial charge in [-0.05, 0) is 62.9 Å². The molecule has 39 heavy (non-hydrogen) atoms. The van der Waals surface area contributed by atoms with E-state index in [9.17, 15) is 9.59 Å². The predicted octanol–water partition coefficient (Wildman–Crippen LogP) is 6.12. The normalized spacial score (nSPS) is 14.1. The number of carbonyl (C=O) groups excluding carboxylic acids is 2. The summed E-state index contributed by atoms with van der Waals surface area (Å²) in [6, 6.07) is 13.2. The lowest BCUT2D eigenvalue weighted by molar-refractivity contribution is -0.120. The van der Waals surface area contributed by atoms with E-state index >= 15 is 0 Å². The lowest BCUT2D eigenvalue weighted by Gasteiger charge is -2.13. The van der Waals surface area contributed by atoms with Gasteiger partial charge in [-0.3, -0.25) is 9.78 Å². The molecule has 196 valence electrons. The van der Waals surface area contributed by atoms with Gasteiger partial charge in [-0.15, -0.1) is 0 Å². The Morgan fingerprint density at radius 1 is 1.10 bits per heavy atom. The van der Waals surface area contributed by atoms with Gasteiger partial charge >= 0.3 is 5.97 Å². The van der Waals surface area contributed by atoms with E-state index in [-0.39, 0.29) is 18.1 Å². The fourth-order valence-corrected chi connectivity index (χ4v) is 5.38. The number of pyridine rings is 1. The number of hydrogen-bond acceptors (Lipinski definition) is 7. The van der Waals surface area contributed by atoms with E-state index in [4.69, 9.17) is 13.6 Å². The van der Waals surface area contributed by atoms with Crippen LogP contribution in [-0.4, -0.2) is 22.6 Å². The molecule has 2 aromatic carbocycles. The fourth-order valence-electron chi connectivity index (χ4n) is 5.38. The number of nitrogens with zero attached hydrogens (tertiary/aromatic N) is 2. The second-order valence-electron chi connectivity index (χ2n) is 9.91. The highest BCUT2D eigenvalue weighted by Gasteiger charge is 2.29. The lowest BCUT2D eigenvalue weighted by atomic mass is 9.93. The number of nitrogens with one attached hydrogen (secondary N) is 1. The van der Waals surface area contributed by atoms with Crippen molar-refractivity contribution >= 4 is 39.5 Å². The van der Waals surface area contributed by atoms with Crippen molar-refractivity contribution in [2.75, 3.05) is 0 Å². The Kier molecular flexibility index (Phi) is 6.23. The molecule has 1 N–H and O–H groups in total. The maximum atomic E-state index is 13.1. The summed E-state index contributed by atoms with van der Waals surface area (Å²) in [6.07, 6.45) is 5.55. The van der Waals surface area contributed by atoms with Crippen molar-refractivity contribution < 1.29 is 23.2 Å². The molecule has 1 aliphatic carbocycles. The Morgan fingerprint density at radius 2 is 1.95 bits per heavy atom. The number of esters is 1. The summed E-state index contributed by atoms with van der Waals surface area (Å²) in [5.41, 5.74) is 9.13. The van der Waals surface area contributed by atoms with Crippen molar-refractivity contribution in [3.63, 3.8) is 0 Å². The largest absolute Gasteiger partial charge is 0.464 e.